The van der Waals surface area contributed by atoms with Gasteiger partial charge in [0.25, 0.3) is 0 Å². The third kappa shape index (κ3) is 1.48. The number of hydrogen-bond acceptors (Lipinski definition) is 5. The Morgan fingerprint density at radius 3 is 2.47 bits per heavy atom. The molecule has 0 N–H and O–H groups in total. The van der Waals surface area contributed by atoms with Gasteiger partial charge >= 0.3 is 5.97 Å². The number of methoxy groups -OCH3 is 1. The van der Waals surface area contributed by atoms with Gasteiger partial charge in [-0.2, -0.15) is 0 Å². The van der Waals surface area contributed by atoms with Crippen LogP contribution in [-0.2, 0) is 23.8 Å². The van der Waals surface area contributed by atoms with Gasteiger partial charge in [-0.05, 0) is 19.8 Å². The molecule has 0 radical (unpaired) electrons. The first kappa shape index (κ1) is 13.1. The summed E-state index contributed by atoms with van der Waals surface area (Å²) in [4.78, 5) is 24.0. The van der Waals surface area contributed by atoms with Gasteiger partial charge in [-0.15, -0.1) is 0 Å². The van der Waals surface area contributed by atoms with Crippen molar-refractivity contribution in [2.75, 3.05) is 20.3 Å². The van der Waals surface area contributed by atoms with E-state index in [0.717, 1.165) is 19.3 Å². The van der Waals surface area contributed by atoms with Crippen molar-refractivity contribution >= 4 is 11.8 Å². The fourth-order valence-corrected chi connectivity index (χ4v) is 4.52. The highest BCUT2D eigenvalue weighted by molar-refractivity contribution is 5.83. The smallest absolute Gasteiger partial charge is 0.309 e. The highest BCUT2D eigenvalue weighted by Crippen LogP contribution is 2.68. The van der Waals surface area contributed by atoms with Crippen LogP contribution in [0.1, 0.15) is 32.6 Å². The van der Waals surface area contributed by atoms with E-state index in [1.807, 2.05) is 0 Å². The van der Waals surface area contributed by atoms with Gasteiger partial charge < -0.3 is 14.2 Å². The van der Waals surface area contributed by atoms with E-state index in [1.54, 1.807) is 6.92 Å². The molecule has 3 rings (SSSR count). The van der Waals surface area contributed by atoms with E-state index in [9.17, 15) is 9.59 Å². The van der Waals surface area contributed by atoms with Gasteiger partial charge in [0.05, 0.1) is 26.2 Å². The van der Waals surface area contributed by atoms with Gasteiger partial charge in [-0.3, -0.25) is 9.59 Å². The van der Waals surface area contributed by atoms with E-state index in [1.165, 1.54) is 7.11 Å². The Morgan fingerprint density at radius 2 is 1.89 bits per heavy atom. The summed E-state index contributed by atoms with van der Waals surface area (Å²) in [6.07, 6.45) is 3.07. The molecule has 0 aromatic rings. The van der Waals surface area contributed by atoms with Crippen LogP contribution in [0, 0.1) is 17.3 Å². The fourth-order valence-electron chi connectivity index (χ4n) is 4.52. The minimum absolute atomic E-state index is 0.129. The van der Waals surface area contributed by atoms with Crippen LogP contribution >= 0.6 is 0 Å². The van der Waals surface area contributed by atoms with E-state index in [4.69, 9.17) is 14.2 Å². The molecule has 5 heteroatoms. The Hall–Kier alpha value is -0.940. The molecule has 19 heavy (non-hydrogen) atoms. The van der Waals surface area contributed by atoms with Crippen molar-refractivity contribution < 1.29 is 23.8 Å². The highest BCUT2D eigenvalue weighted by Gasteiger charge is 2.75. The first-order valence-electron chi connectivity index (χ1n) is 6.93. The first-order valence-corrected chi connectivity index (χ1v) is 6.93. The van der Waals surface area contributed by atoms with E-state index < -0.39 is 11.2 Å². The van der Waals surface area contributed by atoms with Gasteiger partial charge in [0, 0.05) is 17.8 Å². The molecule has 3 aliphatic rings. The topological polar surface area (TPSA) is 61.8 Å². The van der Waals surface area contributed by atoms with Crippen molar-refractivity contribution in [3.8, 4) is 0 Å². The fraction of sp³-hybridized carbons (Fsp3) is 0.857. The lowest BCUT2D eigenvalue weighted by Crippen LogP contribution is -2.69. The molecule has 5 nitrogen and oxygen atoms in total. The average Bonchev–Trinajstić information content (AvgIpc) is 3.03. The predicted molar refractivity (Wildman–Crippen MR) is 65.2 cm³/mol. The predicted octanol–water partition coefficient (Wildman–Crippen LogP) is 1.30. The van der Waals surface area contributed by atoms with Crippen LogP contribution in [0.2, 0.25) is 0 Å². The summed E-state index contributed by atoms with van der Waals surface area (Å²) in [6, 6.07) is 0. The second kappa shape index (κ2) is 4.28. The molecule has 0 bridgehead atoms. The number of hydrogen-bond donors (Lipinski definition) is 0. The van der Waals surface area contributed by atoms with E-state index in [2.05, 4.69) is 0 Å². The normalized spacial score (nSPS) is 39.5. The number of Topliss-reactive ketones (excluding diaryl/α,β-unsaturated/α-hetero) is 1. The zero-order valence-electron chi connectivity index (χ0n) is 11.4. The van der Waals surface area contributed by atoms with Crippen molar-refractivity contribution in [3.05, 3.63) is 0 Å². The van der Waals surface area contributed by atoms with Crippen LogP contribution in [0.3, 0.4) is 0 Å². The molecule has 2 spiro atoms. The van der Waals surface area contributed by atoms with Gasteiger partial charge in [0.15, 0.2) is 5.79 Å². The van der Waals surface area contributed by atoms with Gasteiger partial charge in [0.1, 0.15) is 5.78 Å². The van der Waals surface area contributed by atoms with E-state index in [-0.39, 0.29) is 23.6 Å². The summed E-state index contributed by atoms with van der Waals surface area (Å²) in [5, 5.41) is 0. The van der Waals surface area contributed by atoms with Gasteiger partial charge in [0.2, 0.25) is 0 Å². The molecule has 1 saturated heterocycles. The second-order valence-electron chi connectivity index (χ2n) is 5.83. The molecule has 0 amide bonds. The largest absolute Gasteiger partial charge is 0.469 e. The number of rotatable bonds is 2. The highest BCUT2D eigenvalue weighted by atomic mass is 16.7. The van der Waals surface area contributed by atoms with Crippen molar-refractivity contribution in [1.82, 2.24) is 0 Å². The molecule has 3 atom stereocenters. The second-order valence-corrected chi connectivity index (χ2v) is 5.83. The minimum Gasteiger partial charge on any atom is -0.469 e. The third-order valence-electron chi connectivity index (χ3n) is 5.24. The molecule has 2 saturated carbocycles. The molecular weight excluding hydrogens is 248 g/mol. The Balaban J connectivity index is 1.99. The van der Waals surface area contributed by atoms with Crippen LogP contribution in [0.5, 0.6) is 0 Å². The first-order chi connectivity index (χ1) is 9.07. The zero-order valence-corrected chi connectivity index (χ0v) is 11.4. The molecule has 1 aliphatic heterocycles. The van der Waals surface area contributed by atoms with E-state index in [0.29, 0.717) is 19.6 Å². The maximum Gasteiger partial charge on any atom is 0.309 e. The maximum atomic E-state index is 12.0. The van der Waals surface area contributed by atoms with E-state index >= 15 is 0 Å². The van der Waals surface area contributed by atoms with Crippen LogP contribution in [0.25, 0.3) is 0 Å². The molecule has 0 aromatic heterocycles. The lowest BCUT2D eigenvalue weighted by molar-refractivity contribution is -0.332. The van der Waals surface area contributed by atoms with Gasteiger partial charge in [-0.1, -0.05) is 6.42 Å². The molecule has 2 aliphatic carbocycles. The number of esters is 1. The van der Waals surface area contributed by atoms with Crippen molar-refractivity contribution in [2.24, 2.45) is 17.3 Å². The SMILES string of the molecule is COC(=O)[C@H]1CC2(OCCO2)[C@]12CCC[C@@H]2C(C)=O. The Kier molecular flexibility index (Phi) is 2.94. The molecular formula is C14H20O5. The van der Waals surface area contributed by atoms with Crippen LogP contribution in [0.4, 0.5) is 0 Å². The molecule has 0 aromatic carbocycles. The Bertz CT molecular complexity index is 412. The Morgan fingerprint density at radius 1 is 1.21 bits per heavy atom. The van der Waals surface area contributed by atoms with Gasteiger partial charge in [-0.25, -0.2) is 0 Å². The number of ketones is 1. The minimum atomic E-state index is -0.724. The number of ether oxygens (including phenoxy) is 3. The van der Waals surface area contributed by atoms with Crippen molar-refractivity contribution in [2.45, 2.75) is 38.4 Å². The number of fused-ring (bicyclic) bond motifs is 1. The zero-order chi connectivity index (χ0) is 13.7. The number of carbonyl (C=O) groups is 2. The molecule has 0 unspecified atom stereocenters. The average molecular weight is 268 g/mol. The molecule has 1 heterocycles. The van der Waals surface area contributed by atoms with Crippen molar-refractivity contribution in [3.63, 3.8) is 0 Å². The standard InChI is InChI=1S/C14H20O5/c1-9(15)10-4-3-5-13(10)11(12(16)17-2)8-14(13)18-6-7-19-14/h10-11H,3-8H2,1-2H3/t10-,11-,13+/m1/s1. The lowest BCUT2D eigenvalue weighted by Gasteiger charge is -2.60. The molecule has 3 fully saturated rings. The number of carbonyl (C=O) groups excluding carboxylic acids is 2. The summed E-state index contributed by atoms with van der Waals surface area (Å²) in [5.41, 5.74) is -0.498. The van der Waals surface area contributed by atoms with Crippen molar-refractivity contribution in [1.29, 1.82) is 0 Å². The third-order valence-corrected chi connectivity index (χ3v) is 5.24. The van der Waals surface area contributed by atoms with Crippen LogP contribution in [0.15, 0.2) is 0 Å². The maximum absolute atomic E-state index is 12.0. The lowest BCUT2D eigenvalue weighted by atomic mass is 9.50. The monoisotopic (exact) mass is 268 g/mol. The summed E-state index contributed by atoms with van der Waals surface area (Å²) in [6.45, 7) is 2.69. The molecule has 106 valence electrons. The Labute approximate surface area is 112 Å². The van der Waals surface area contributed by atoms with Crippen LogP contribution < -0.4 is 0 Å². The summed E-state index contributed by atoms with van der Waals surface area (Å²) < 4.78 is 16.6. The quantitative estimate of drug-likeness (QED) is 0.706. The summed E-state index contributed by atoms with van der Waals surface area (Å²) in [5.74, 6) is -1.25. The van der Waals surface area contributed by atoms with Crippen LogP contribution in [-0.4, -0.2) is 37.9 Å². The summed E-state index contributed by atoms with van der Waals surface area (Å²) in [7, 11) is 1.40. The summed E-state index contributed by atoms with van der Waals surface area (Å²) >= 11 is 0.